The van der Waals surface area contributed by atoms with Crippen molar-refractivity contribution < 1.29 is 4.21 Å². The van der Waals surface area contributed by atoms with Crippen molar-refractivity contribution in [3.05, 3.63) is 29.3 Å². The molecule has 0 bridgehead atoms. The number of benzene rings is 1. The molecule has 2 atom stereocenters. The molecule has 0 amide bonds. The Hall–Kier alpha value is -0.380. The lowest BCUT2D eigenvalue weighted by Gasteiger charge is -2.30. The first-order valence-electron chi connectivity index (χ1n) is 7.58. The Morgan fingerprint density at radius 1 is 1.30 bits per heavy atom. The molecule has 4 heteroatoms. The zero-order valence-electron chi connectivity index (χ0n) is 12.1. The molecule has 1 aromatic carbocycles. The van der Waals surface area contributed by atoms with Crippen LogP contribution in [0.5, 0.6) is 0 Å². The Labute approximate surface area is 129 Å². The zero-order valence-corrected chi connectivity index (χ0v) is 13.7. The van der Waals surface area contributed by atoms with Crippen LogP contribution in [-0.4, -0.2) is 22.5 Å². The molecule has 112 valence electrons. The van der Waals surface area contributed by atoms with E-state index in [0.29, 0.717) is 22.7 Å². The van der Waals surface area contributed by atoms with E-state index in [4.69, 9.17) is 11.6 Å². The molecule has 1 saturated carbocycles. The minimum Gasteiger partial charge on any atom is -0.313 e. The van der Waals surface area contributed by atoms with Crippen molar-refractivity contribution >= 4 is 22.4 Å². The highest BCUT2D eigenvalue weighted by atomic mass is 35.5. The SMILES string of the molecule is CCNC(CS(=O)c1ccccc1Cl)C1CCCCC1. The highest BCUT2D eigenvalue weighted by Crippen LogP contribution is 2.28. The summed E-state index contributed by atoms with van der Waals surface area (Å²) in [4.78, 5) is 0.771. The fraction of sp³-hybridized carbons (Fsp3) is 0.625. The molecular formula is C16H24ClNOS. The van der Waals surface area contributed by atoms with E-state index < -0.39 is 10.8 Å². The first-order chi connectivity index (χ1) is 9.72. The lowest BCUT2D eigenvalue weighted by molar-refractivity contribution is 0.287. The maximum Gasteiger partial charge on any atom is 0.0574 e. The van der Waals surface area contributed by atoms with E-state index in [9.17, 15) is 4.21 Å². The van der Waals surface area contributed by atoms with Gasteiger partial charge in [0.2, 0.25) is 0 Å². The lowest BCUT2D eigenvalue weighted by Crippen LogP contribution is -2.41. The van der Waals surface area contributed by atoms with E-state index in [0.717, 1.165) is 11.4 Å². The van der Waals surface area contributed by atoms with Crippen LogP contribution >= 0.6 is 11.6 Å². The molecule has 0 spiro atoms. The summed E-state index contributed by atoms with van der Waals surface area (Å²) in [6, 6.07) is 7.82. The van der Waals surface area contributed by atoms with Crippen LogP contribution in [0.4, 0.5) is 0 Å². The third-order valence-corrected chi connectivity index (χ3v) is 6.05. The predicted molar refractivity (Wildman–Crippen MR) is 86.8 cm³/mol. The van der Waals surface area contributed by atoms with Crippen molar-refractivity contribution in [3.8, 4) is 0 Å². The van der Waals surface area contributed by atoms with Crippen LogP contribution in [0.15, 0.2) is 29.2 Å². The van der Waals surface area contributed by atoms with Crippen LogP contribution in [0.2, 0.25) is 5.02 Å². The first kappa shape index (κ1) is 16.0. The summed E-state index contributed by atoms with van der Waals surface area (Å²) in [5.41, 5.74) is 0. The normalized spacial score (nSPS) is 19.7. The Balaban J connectivity index is 2.03. The van der Waals surface area contributed by atoms with Crippen molar-refractivity contribution in [2.24, 2.45) is 5.92 Å². The van der Waals surface area contributed by atoms with E-state index in [1.54, 1.807) is 0 Å². The molecular weight excluding hydrogens is 290 g/mol. The summed E-state index contributed by atoms with van der Waals surface area (Å²) in [6.07, 6.45) is 6.49. The Morgan fingerprint density at radius 2 is 2.00 bits per heavy atom. The van der Waals surface area contributed by atoms with Crippen molar-refractivity contribution in [2.75, 3.05) is 12.3 Å². The topological polar surface area (TPSA) is 29.1 Å². The monoisotopic (exact) mass is 313 g/mol. The zero-order chi connectivity index (χ0) is 14.4. The van der Waals surface area contributed by atoms with Crippen molar-refractivity contribution in [3.63, 3.8) is 0 Å². The van der Waals surface area contributed by atoms with Crippen molar-refractivity contribution in [1.82, 2.24) is 5.32 Å². The highest BCUT2D eigenvalue weighted by molar-refractivity contribution is 7.85. The largest absolute Gasteiger partial charge is 0.313 e. The van der Waals surface area contributed by atoms with Gasteiger partial charge in [-0.2, -0.15) is 0 Å². The predicted octanol–water partition coefficient (Wildman–Crippen LogP) is 4.01. The van der Waals surface area contributed by atoms with Gasteiger partial charge in [0.25, 0.3) is 0 Å². The highest BCUT2D eigenvalue weighted by Gasteiger charge is 2.25. The molecule has 0 heterocycles. The fourth-order valence-corrected chi connectivity index (χ4v) is 4.85. The van der Waals surface area contributed by atoms with E-state index in [2.05, 4.69) is 12.2 Å². The van der Waals surface area contributed by atoms with Crippen molar-refractivity contribution in [2.45, 2.75) is 50.0 Å². The van der Waals surface area contributed by atoms with E-state index in [-0.39, 0.29) is 0 Å². The summed E-state index contributed by atoms with van der Waals surface area (Å²) >= 11 is 6.15. The molecule has 0 aliphatic heterocycles. The number of rotatable bonds is 6. The van der Waals surface area contributed by atoms with Crippen LogP contribution in [-0.2, 0) is 10.8 Å². The van der Waals surface area contributed by atoms with Gasteiger partial charge in [-0.25, -0.2) is 0 Å². The average molecular weight is 314 g/mol. The van der Waals surface area contributed by atoms with Crippen LogP contribution in [0, 0.1) is 5.92 Å². The van der Waals surface area contributed by atoms with Crippen LogP contribution < -0.4 is 5.32 Å². The van der Waals surface area contributed by atoms with Crippen LogP contribution in [0.3, 0.4) is 0 Å². The molecule has 0 saturated heterocycles. The van der Waals surface area contributed by atoms with Crippen LogP contribution in [0.1, 0.15) is 39.0 Å². The fourth-order valence-electron chi connectivity index (χ4n) is 3.04. The second kappa shape index (κ2) is 8.16. The van der Waals surface area contributed by atoms with Gasteiger partial charge in [0, 0.05) is 11.8 Å². The minimum atomic E-state index is -1.02. The van der Waals surface area contributed by atoms with Gasteiger partial charge in [0.1, 0.15) is 0 Å². The number of nitrogens with one attached hydrogen (secondary N) is 1. The molecule has 2 unspecified atom stereocenters. The van der Waals surface area contributed by atoms with Gasteiger partial charge in [-0.1, -0.05) is 49.9 Å². The Kier molecular flexibility index (Phi) is 6.53. The van der Waals surface area contributed by atoms with E-state index in [1.165, 1.54) is 32.1 Å². The molecule has 1 fully saturated rings. The van der Waals surface area contributed by atoms with E-state index in [1.807, 2.05) is 24.3 Å². The quantitative estimate of drug-likeness (QED) is 0.860. The van der Waals surface area contributed by atoms with Gasteiger partial charge >= 0.3 is 0 Å². The summed E-state index contributed by atoms with van der Waals surface area (Å²) < 4.78 is 12.6. The lowest BCUT2D eigenvalue weighted by atomic mass is 9.84. The molecule has 0 aromatic heterocycles. The third kappa shape index (κ3) is 4.31. The van der Waals surface area contributed by atoms with E-state index >= 15 is 0 Å². The second-order valence-corrected chi connectivity index (χ2v) is 7.38. The Morgan fingerprint density at radius 3 is 2.65 bits per heavy atom. The number of hydrogen-bond acceptors (Lipinski definition) is 2. The third-order valence-electron chi connectivity index (χ3n) is 4.10. The molecule has 0 radical (unpaired) electrons. The minimum absolute atomic E-state index is 0.345. The molecule has 1 aromatic rings. The smallest absolute Gasteiger partial charge is 0.0574 e. The maximum atomic E-state index is 12.6. The number of halogens is 1. The Bertz CT molecular complexity index is 446. The molecule has 1 N–H and O–H groups in total. The van der Waals surface area contributed by atoms with Gasteiger partial charge in [-0.3, -0.25) is 4.21 Å². The average Bonchev–Trinajstić information content (AvgIpc) is 2.48. The van der Waals surface area contributed by atoms with Crippen LogP contribution in [0.25, 0.3) is 0 Å². The van der Waals surface area contributed by atoms with Gasteiger partial charge < -0.3 is 5.32 Å². The van der Waals surface area contributed by atoms with Crippen molar-refractivity contribution in [1.29, 1.82) is 0 Å². The van der Waals surface area contributed by atoms with Gasteiger partial charge in [-0.15, -0.1) is 0 Å². The number of hydrogen-bond donors (Lipinski definition) is 1. The first-order valence-corrected chi connectivity index (χ1v) is 9.28. The van der Waals surface area contributed by atoms with Gasteiger partial charge in [0.15, 0.2) is 0 Å². The molecule has 1 aliphatic rings. The summed E-state index contributed by atoms with van der Waals surface area (Å²) in [5.74, 6) is 1.33. The summed E-state index contributed by atoms with van der Waals surface area (Å²) in [5, 5.41) is 4.15. The van der Waals surface area contributed by atoms with Gasteiger partial charge in [0.05, 0.1) is 20.7 Å². The standard InChI is InChI=1S/C16H24ClNOS/c1-2-18-15(13-8-4-3-5-9-13)12-20(19)16-11-7-6-10-14(16)17/h6-7,10-11,13,15,18H,2-5,8-9,12H2,1H3. The summed E-state index contributed by atoms with van der Waals surface area (Å²) in [7, 11) is -1.02. The second-order valence-electron chi connectivity index (χ2n) is 5.50. The molecule has 20 heavy (non-hydrogen) atoms. The maximum absolute atomic E-state index is 12.6. The van der Waals surface area contributed by atoms with Gasteiger partial charge in [-0.05, 0) is 37.4 Å². The molecule has 2 nitrogen and oxygen atoms in total. The molecule has 2 rings (SSSR count). The summed E-state index contributed by atoms with van der Waals surface area (Å²) in [6.45, 7) is 3.05. The molecule has 1 aliphatic carbocycles.